The highest BCUT2D eigenvalue weighted by Crippen LogP contribution is 2.41. The number of benzene rings is 1. The van der Waals surface area contributed by atoms with E-state index in [-0.39, 0.29) is 4.68 Å². The van der Waals surface area contributed by atoms with Gasteiger partial charge in [0.1, 0.15) is 44.3 Å². The lowest BCUT2D eigenvalue weighted by Gasteiger charge is -2.44. The van der Waals surface area contributed by atoms with Gasteiger partial charge in [-0.05, 0) is 17.5 Å². The number of aromatic nitrogens is 2. The van der Waals surface area contributed by atoms with Crippen LogP contribution in [0, 0.1) is 0 Å². The second-order valence-electron chi connectivity index (χ2n) is 8.96. The lowest BCUT2D eigenvalue weighted by atomic mass is 9.97. The maximum absolute atomic E-state index is 14.3. The van der Waals surface area contributed by atoms with Gasteiger partial charge in [-0.25, -0.2) is 18.3 Å². The van der Waals surface area contributed by atoms with E-state index in [2.05, 4.69) is 14.6 Å². The molecule has 0 aliphatic carbocycles. The Balaban J connectivity index is 2.10. The van der Waals surface area contributed by atoms with Gasteiger partial charge >= 0.3 is 18.3 Å². The molecule has 3 rings (SSSR count). The van der Waals surface area contributed by atoms with Gasteiger partial charge in [-0.1, -0.05) is 31.2 Å². The SMILES string of the molecule is CCc1ccc(Cc2c(O[C@]3(O)O[C@H](COC(=O)OC)[C@@H](O)[C@H](O)[C@H]3O)nn(C(CF)CF)c2C(F)(F)F)cc1. The molecule has 1 aromatic heterocycles. The fourth-order valence-electron chi connectivity index (χ4n) is 4.07. The molecule has 1 aliphatic rings. The van der Waals surface area contributed by atoms with Gasteiger partial charge in [-0.3, -0.25) is 0 Å². The first-order valence-electron chi connectivity index (χ1n) is 12.0. The van der Waals surface area contributed by atoms with Crippen molar-refractivity contribution in [2.75, 3.05) is 27.1 Å². The highest BCUT2D eigenvalue weighted by molar-refractivity contribution is 5.59. The third-order valence-electron chi connectivity index (χ3n) is 6.28. The predicted molar refractivity (Wildman–Crippen MR) is 124 cm³/mol. The molecule has 2 heterocycles. The Morgan fingerprint density at radius 2 is 1.73 bits per heavy atom. The molecule has 0 bridgehead atoms. The number of aryl methyl sites for hydroxylation is 1. The van der Waals surface area contributed by atoms with Crippen LogP contribution >= 0.6 is 0 Å². The molecular formula is C24H29F5N2O9. The minimum atomic E-state index is -5.21. The van der Waals surface area contributed by atoms with Crippen molar-refractivity contribution in [3.63, 3.8) is 0 Å². The van der Waals surface area contributed by atoms with Crippen molar-refractivity contribution in [1.82, 2.24) is 9.78 Å². The maximum Gasteiger partial charge on any atom is 0.508 e. The van der Waals surface area contributed by atoms with E-state index in [1.54, 1.807) is 12.1 Å². The van der Waals surface area contributed by atoms with Crippen LogP contribution in [0.4, 0.5) is 26.7 Å². The Kier molecular flexibility index (Phi) is 9.94. The molecule has 1 saturated heterocycles. The molecule has 1 fully saturated rings. The quantitative estimate of drug-likeness (QED) is 0.185. The molecule has 0 amide bonds. The number of aliphatic hydroxyl groups is 4. The molecule has 1 aliphatic heterocycles. The summed E-state index contributed by atoms with van der Waals surface area (Å²) in [5.41, 5.74) is -1.16. The third-order valence-corrected chi connectivity index (χ3v) is 6.28. The number of aliphatic hydroxyl groups excluding tert-OH is 3. The molecule has 0 spiro atoms. The van der Waals surface area contributed by atoms with Crippen LogP contribution in [-0.4, -0.2) is 93.8 Å². The van der Waals surface area contributed by atoms with Crippen molar-refractivity contribution < 1.29 is 66.1 Å². The van der Waals surface area contributed by atoms with Crippen molar-refractivity contribution in [3.05, 3.63) is 46.6 Å². The first-order chi connectivity index (χ1) is 18.8. The number of carbonyl (C=O) groups excluding carboxylic acids is 1. The number of alkyl halides is 5. The topological polar surface area (TPSA) is 153 Å². The summed E-state index contributed by atoms with van der Waals surface area (Å²) < 4.78 is 89.2. The van der Waals surface area contributed by atoms with Crippen LogP contribution < -0.4 is 4.74 Å². The van der Waals surface area contributed by atoms with Crippen LogP contribution in [-0.2, 0) is 33.2 Å². The van der Waals surface area contributed by atoms with Crippen LogP contribution in [0.1, 0.15) is 35.3 Å². The second-order valence-corrected chi connectivity index (χ2v) is 8.96. The van der Waals surface area contributed by atoms with Crippen LogP contribution in [0.3, 0.4) is 0 Å². The minimum Gasteiger partial charge on any atom is -0.438 e. The zero-order valence-corrected chi connectivity index (χ0v) is 21.3. The van der Waals surface area contributed by atoms with Gasteiger partial charge < -0.3 is 39.4 Å². The summed E-state index contributed by atoms with van der Waals surface area (Å²) in [4.78, 5) is 11.3. The number of methoxy groups -OCH3 is 1. The summed E-state index contributed by atoms with van der Waals surface area (Å²) in [6, 6.07) is 4.33. The number of hydrogen-bond donors (Lipinski definition) is 4. The van der Waals surface area contributed by atoms with Gasteiger partial charge in [0.25, 0.3) is 0 Å². The summed E-state index contributed by atoms with van der Waals surface area (Å²) in [5, 5.41) is 45.4. The molecule has 16 heteroatoms. The molecule has 0 unspecified atom stereocenters. The monoisotopic (exact) mass is 584 g/mol. The molecule has 1 aromatic carbocycles. The largest absolute Gasteiger partial charge is 0.508 e. The second kappa shape index (κ2) is 12.6. The zero-order chi connectivity index (χ0) is 29.8. The fraction of sp³-hybridized carbons (Fsp3) is 0.583. The fourth-order valence-corrected chi connectivity index (χ4v) is 4.07. The number of carbonyl (C=O) groups is 1. The Labute approximate surface area is 224 Å². The van der Waals surface area contributed by atoms with Gasteiger partial charge in [0.15, 0.2) is 11.8 Å². The summed E-state index contributed by atoms with van der Waals surface area (Å²) in [6.45, 7) is -2.14. The average Bonchev–Trinajstić information content (AvgIpc) is 3.27. The summed E-state index contributed by atoms with van der Waals surface area (Å²) >= 11 is 0. The van der Waals surface area contributed by atoms with Crippen LogP contribution in [0.5, 0.6) is 5.88 Å². The van der Waals surface area contributed by atoms with Crippen molar-refractivity contribution in [2.24, 2.45) is 0 Å². The van der Waals surface area contributed by atoms with E-state index in [0.717, 1.165) is 12.7 Å². The molecular weight excluding hydrogens is 555 g/mol. The molecule has 40 heavy (non-hydrogen) atoms. The van der Waals surface area contributed by atoms with Gasteiger partial charge in [-0.15, -0.1) is 5.10 Å². The number of nitrogens with zero attached hydrogens (tertiary/aromatic N) is 2. The van der Waals surface area contributed by atoms with Crippen LogP contribution in [0.15, 0.2) is 24.3 Å². The molecule has 2 aromatic rings. The van der Waals surface area contributed by atoms with E-state index >= 15 is 0 Å². The van der Waals surface area contributed by atoms with Crippen molar-refractivity contribution in [2.45, 2.75) is 62.4 Å². The van der Waals surface area contributed by atoms with E-state index in [1.807, 2.05) is 6.92 Å². The zero-order valence-electron chi connectivity index (χ0n) is 21.3. The van der Waals surface area contributed by atoms with Crippen LogP contribution in [0.25, 0.3) is 0 Å². The Bertz CT molecular complexity index is 1140. The molecule has 4 N–H and O–H groups in total. The third kappa shape index (κ3) is 6.63. The molecule has 11 nitrogen and oxygen atoms in total. The van der Waals surface area contributed by atoms with E-state index in [1.165, 1.54) is 12.1 Å². The number of rotatable bonds is 10. The first-order valence-corrected chi connectivity index (χ1v) is 12.0. The molecule has 224 valence electrons. The van der Waals surface area contributed by atoms with E-state index in [4.69, 9.17) is 9.47 Å². The normalized spacial score (nSPS) is 25.2. The number of ether oxygens (including phenoxy) is 4. The number of hydrogen-bond acceptors (Lipinski definition) is 10. The average molecular weight is 584 g/mol. The first kappa shape index (κ1) is 31.5. The van der Waals surface area contributed by atoms with E-state index < -0.39 is 92.3 Å². The van der Waals surface area contributed by atoms with Gasteiger partial charge in [0.2, 0.25) is 5.88 Å². The van der Waals surface area contributed by atoms with Crippen LogP contribution in [0.2, 0.25) is 0 Å². The Morgan fingerprint density at radius 1 is 1.12 bits per heavy atom. The standard InChI is InChI=1S/C24H29F5N2O9/c1-3-12-4-6-13(7-5-12)8-15-19(23(27,28)29)31(14(9-25)10-26)30-21(15)40-24(36)20(34)18(33)17(32)16(39-24)11-38-22(35)37-2/h4-7,14,16-18,20,32-34,36H,3,8-11H2,1-2H3/t16-,17-,18+,20-,24-/m1/s1. The molecule has 0 saturated carbocycles. The number of halogens is 5. The predicted octanol–water partition coefficient (Wildman–Crippen LogP) is 1.82. The van der Waals surface area contributed by atoms with Crippen molar-refractivity contribution >= 4 is 6.16 Å². The summed E-state index contributed by atoms with van der Waals surface area (Å²) in [5.74, 6) is -4.40. The molecule has 5 atom stereocenters. The lowest BCUT2D eigenvalue weighted by Crippen LogP contribution is -2.67. The van der Waals surface area contributed by atoms with Gasteiger partial charge in [0.05, 0.1) is 12.7 Å². The summed E-state index contributed by atoms with van der Waals surface area (Å²) in [7, 11) is 0.965. The van der Waals surface area contributed by atoms with E-state index in [0.29, 0.717) is 12.0 Å². The highest BCUT2D eigenvalue weighted by Gasteiger charge is 2.56. The Morgan fingerprint density at radius 3 is 2.25 bits per heavy atom. The van der Waals surface area contributed by atoms with Crippen molar-refractivity contribution in [3.8, 4) is 5.88 Å². The minimum absolute atomic E-state index is 0.0345. The van der Waals surface area contributed by atoms with E-state index in [9.17, 15) is 47.2 Å². The summed E-state index contributed by atoms with van der Waals surface area (Å²) in [6.07, 6.45) is -14.8. The maximum atomic E-state index is 14.3. The smallest absolute Gasteiger partial charge is 0.438 e. The Hall–Kier alpha value is -3.05. The van der Waals surface area contributed by atoms with Crippen molar-refractivity contribution in [1.29, 1.82) is 0 Å². The van der Waals surface area contributed by atoms with Gasteiger partial charge in [0, 0.05) is 6.42 Å². The lowest BCUT2D eigenvalue weighted by molar-refractivity contribution is -0.423. The van der Waals surface area contributed by atoms with Gasteiger partial charge in [-0.2, -0.15) is 13.2 Å². The highest BCUT2D eigenvalue weighted by atomic mass is 19.4. The molecule has 0 radical (unpaired) electrons.